The van der Waals surface area contributed by atoms with Gasteiger partial charge in [0.2, 0.25) is 17.7 Å². The Morgan fingerprint density at radius 2 is 1.78 bits per heavy atom. The maximum absolute atomic E-state index is 13.2. The average molecular weight is 373 g/mol. The molecule has 1 atom stereocenters. The minimum Gasteiger partial charge on any atom is -0.508 e. The standard InChI is InChI=1S/C20H27N3O4/c1-2-9-19(10-3-4-11-19)23-18(27)20(17(22)26,13-16(21)25)12-14-5-7-15(24)8-6-14/h2,5-8,24H,1,3-4,9-13H2,(H2,21,25)(H2,22,26)(H,23,27)/t20-/m1/s1. The highest BCUT2D eigenvalue weighted by atomic mass is 16.3. The highest BCUT2D eigenvalue weighted by Gasteiger charge is 2.48. The van der Waals surface area contributed by atoms with E-state index in [0.29, 0.717) is 12.0 Å². The number of rotatable bonds is 9. The number of nitrogens with one attached hydrogen (secondary N) is 1. The summed E-state index contributed by atoms with van der Waals surface area (Å²) in [4.78, 5) is 37.3. The van der Waals surface area contributed by atoms with Crippen LogP contribution < -0.4 is 16.8 Å². The van der Waals surface area contributed by atoms with Crippen LogP contribution in [0, 0.1) is 5.41 Å². The fourth-order valence-corrected chi connectivity index (χ4v) is 3.84. The van der Waals surface area contributed by atoms with Crippen LogP contribution in [0.1, 0.15) is 44.1 Å². The van der Waals surface area contributed by atoms with E-state index in [1.807, 2.05) is 0 Å². The Hall–Kier alpha value is -2.83. The molecule has 2 rings (SSSR count). The van der Waals surface area contributed by atoms with E-state index in [2.05, 4.69) is 11.9 Å². The lowest BCUT2D eigenvalue weighted by molar-refractivity contribution is -0.146. The number of phenolic OH excluding ortho intramolecular Hbond substituents is 1. The van der Waals surface area contributed by atoms with Crippen LogP contribution in [-0.2, 0) is 20.8 Å². The first-order chi connectivity index (χ1) is 12.7. The van der Waals surface area contributed by atoms with Crippen LogP contribution in [0.2, 0.25) is 0 Å². The van der Waals surface area contributed by atoms with Crippen molar-refractivity contribution in [2.24, 2.45) is 16.9 Å². The zero-order valence-electron chi connectivity index (χ0n) is 15.4. The molecule has 0 heterocycles. The molecule has 6 N–H and O–H groups in total. The van der Waals surface area contributed by atoms with Crippen LogP contribution >= 0.6 is 0 Å². The number of carbonyl (C=O) groups excluding carboxylic acids is 3. The zero-order chi connectivity index (χ0) is 20.1. The predicted molar refractivity (Wildman–Crippen MR) is 101 cm³/mol. The molecule has 7 nitrogen and oxygen atoms in total. The minimum absolute atomic E-state index is 0.0543. The number of phenols is 1. The van der Waals surface area contributed by atoms with Crippen molar-refractivity contribution in [3.05, 3.63) is 42.5 Å². The van der Waals surface area contributed by atoms with Gasteiger partial charge in [-0.3, -0.25) is 14.4 Å². The van der Waals surface area contributed by atoms with Gasteiger partial charge in [0, 0.05) is 5.54 Å². The van der Waals surface area contributed by atoms with E-state index < -0.39 is 35.1 Å². The second kappa shape index (κ2) is 8.24. The number of carbonyl (C=O) groups is 3. The maximum atomic E-state index is 13.2. The molecular weight excluding hydrogens is 346 g/mol. The van der Waals surface area contributed by atoms with Crippen LogP contribution in [-0.4, -0.2) is 28.4 Å². The molecule has 27 heavy (non-hydrogen) atoms. The molecule has 1 fully saturated rings. The molecular formula is C20H27N3O4. The zero-order valence-corrected chi connectivity index (χ0v) is 15.4. The maximum Gasteiger partial charge on any atom is 0.237 e. The molecule has 1 aliphatic rings. The summed E-state index contributed by atoms with van der Waals surface area (Å²) in [5.41, 5.74) is 9.28. The first-order valence-electron chi connectivity index (χ1n) is 9.03. The van der Waals surface area contributed by atoms with Crippen LogP contribution in [0.25, 0.3) is 0 Å². The molecule has 0 bridgehead atoms. The van der Waals surface area contributed by atoms with Gasteiger partial charge in [0.1, 0.15) is 11.2 Å². The van der Waals surface area contributed by atoms with E-state index in [0.717, 1.165) is 25.7 Å². The fraction of sp³-hybridized carbons (Fsp3) is 0.450. The van der Waals surface area contributed by atoms with Gasteiger partial charge in [0.25, 0.3) is 0 Å². The molecule has 1 saturated carbocycles. The number of benzene rings is 1. The van der Waals surface area contributed by atoms with Crippen molar-refractivity contribution >= 4 is 17.7 Å². The Balaban J connectivity index is 2.38. The highest BCUT2D eigenvalue weighted by Crippen LogP contribution is 2.36. The van der Waals surface area contributed by atoms with Gasteiger partial charge >= 0.3 is 0 Å². The molecule has 0 spiro atoms. The molecule has 1 aliphatic carbocycles. The smallest absolute Gasteiger partial charge is 0.237 e. The highest BCUT2D eigenvalue weighted by molar-refractivity contribution is 6.07. The Kier molecular flexibility index (Phi) is 6.25. The molecule has 0 unspecified atom stereocenters. The van der Waals surface area contributed by atoms with E-state index in [-0.39, 0.29) is 12.2 Å². The van der Waals surface area contributed by atoms with Gasteiger partial charge in [0.05, 0.1) is 6.42 Å². The summed E-state index contributed by atoms with van der Waals surface area (Å²) in [5.74, 6) is -2.23. The number of nitrogens with two attached hydrogens (primary N) is 2. The van der Waals surface area contributed by atoms with Crippen molar-refractivity contribution in [3.63, 3.8) is 0 Å². The molecule has 7 heteroatoms. The van der Waals surface area contributed by atoms with Crippen molar-refractivity contribution in [1.29, 1.82) is 0 Å². The van der Waals surface area contributed by atoms with Gasteiger partial charge in [-0.05, 0) is 43.4 Å². The van der Waals surface area contributed by atoms with Crippen molar-refractivity contribution in [2.75, 3.05) is 0 Å². The number of primary amides is 2. The first kappa shape index (κ1) is 20.5. The SMILES string of the molecule is C=CCC1(NC(=O)[C@@](CC(N)=O)(Cc2ccc(O)cc2)C(N)=O)CCCC1. The van der Waals surface area contributed by atoms with E-state index in [1.54, 1.807) is 18.2 Å². The van der Waals surface area contributed by atoms with Crippen molar-refractivity contribution in [2.45, 2.75) is 50.5 Å². The lowest BCUT2D eigenvalue weighted by Crippen LogP contribution is -2.58. The summed E-state index contributed by atoms with van der Waals surface area (Å²) < 4.78 is 0. The lowest BCUT2D eigenvalue weighted by Gasteiger charge is -2.35. The third-order valence-electron chi connectivity index (χ3n) is 5.30. The first-order valence-corrected chi connectivity index (χ1v) is 9.03. The third kappa shape index (κ3) is 4.67. The molecule has 0 aromatic heterocycles. The lowest BCUT2D eigenvalue weighted by atomic mass is 9.75. The molecule has 3 amide bonds. The van der Waals surface area contributed by atoms with E-state index in [9.17, 15) is 19.5 Å². The molecule has 0 saturated heterocycles. The summed E-state index contributed by atoms with van der Waals surface area (Å²) in [6.07, 6.45) is 5.22. The Morgan fingerprint density at radius 1 is 1.19 bits per heavy atom. The number of amides is 3. The van der Waals surface area contributed by atoms with Crippen molar-refractivity contribution in [3.8, 4) is 5.75 Å². The largest absolute Gasteiger partial charge is 0.508 e. The fourth-order valence-electron chi connectivity index (χ4n) is 3.84. The van der Waals surface area contributed by atoms with Crippen molar-refractivity contribution in [1.82, 2.24) is 5.32 Å². The predicted octanol–water partition coefficient (Wildman–Crippen LogP) is 1.29. The minimum atomic E-state index is -1.79. The van der Waals surface area contributed by atoms with Gasteiger partial charge in [-0.2, -0.15) is 0 Å². The van der Waals surface area contributed by atoms with Crippen molar-refractivity contribution < 1.29 is 19.5 Å². The summed E-state index contributed by atoms with van der Waals surface area (Å²) in [6.45, 7) is 3.76. The Morgan fingerprint density at radius 3 is 2.26 bits per heavy atom. The summed E-state index contributed by atoms with van der Waals surface area (Å²) in [7, 11) is 0. The van der Waals surface area contributed by atoms with Crippen LogP contribution in [0.15, 0.2) is 36.9 Å². The number of aromatic hydroxyl groups is 1. The number of hydrogen-bond donors (Lipinski definition) is 4. The Labute approximate surface area is 158 Å². The Bertz CT molecular complexity index is 723. The van der Waals surface area contributed by atoms with Gasteiger partial charge < -0.3 is 21.9 Å². The summed E-state index contributed by atoms with van der Waals surface area (Å²) in [5, 5.41) is 12.4. The topological polar surface area (TPSA) is 136 Å². The molecule has 0 aliphatic heterocycles. The third-order valence-corrected chi connectivity index (χ3v) is 5.30. The van der Waals surface area contributed by atoms with E-state index in [1.165, 1.54) is 12.1 Å². The van der Waals surface area contributed by atoms with Gasteiger partial charge in [0.15, 0.2) is 0 Å². The second-order valence-electron chi connectivity index (χ2n) is 7.37. The quantitative estimate of drug-likeness (QED) is 0.383. The summed E-state index contributed by atoms with van der Waals surface area (Å²) in [6, 6.07) is 6.05. The molecule has 1 aromatic rings. The average Bonchev–Trinajstić information content (AvgIpc) is 3.04. The van der Waals surface area contributed by atoms with Crippen LogP contribution in [0.3, 0.4) is 0 Å². The van der Waals surface area contributed by atoms with Gasteiger partial charge in [-0.15, -0.1) is 6.58 Å². The normalized spacial score (nSPS) is 17.6. The molecule has 1 aromatic carbocycles. The van der Waals surface area contributed by atoms with Crippen LogP contribution in [0.5, 0.6) is 5.75 Å². The molecule has 0 radical (unpaired) electrons. The summed E-state index contributed by atoms with van der Waals surface area (Å²) >= 11 is 0. The van der Waals surface area contributed by atoms with E-state index in [4.69, 9.17) is 11.5 Å². The molecule has 146 valence electrons. The van der Waals surface area contributed by atoms with Gasteiger partial charge in [-0.25, -0.2) is 0 Å². The van der Waals surface area contributed by atoms with E-state index >= 15 is 0 Å². The second-order valence-corrected chi connectivity index (χ2v) is 7.37. The number of hydrogen-bond acceptors (Lipinski definition) is 4. The monoisotopic (exact) mass is 373 g/mol. The van der Waals surface area contributed by atoms with Gasteiger partial charge in [-0.1, -0.05) is 31.1 Å². The van der Waals surface area contributed by atoms with Crippen LogP contribution in [0.4, 0.5) is 0 Å².